The van der Waals surface area contributed by atoms with Gasteiger partial charge >= 0.3 is 5.97 Å². The van der Waals surface area contributed by atoms with Crippen molar-refractivity contribution in [3.05, 3.63) is 51.1 Å². The maximum absolute atomic E-state index is 12.9. The average Bonchev–Trinajstić information content (AvgIpc) is 3.33. The number of hydrogen-bond acceptors (Lipinski definition) is 9. The molecule has 2 aromatic rings. The van der Waals surface area contributed by atoms with Gasteiger partial charge in [-0.3, -0.25) is 19.8 Å². The Morgan fingerprint density at radius 2 is 2.19 bits per heavy atom. The predicted molar refractivity (Wildman–Crippen MR) is 127 cm³/mol. The van der Waals surface area contributed by atoms with Crippen LogP contribution in [0.2, 0.25) is 0 Å². The van der Waals surface area contributed by atoms with E-state index < -0.39 is 22.8 Å². The molecule has 1 atom stereocenters. The minimum atomic E-state index is -1.12. The molecule has 1 aromatic heterocycles. The van der Waals surface area contributed by atoms with E-state index in [0.717, 1.165) is 16.7 Å². The van der Waals surface area contributed by atoms with E-state index in [-0.39, 0.29) is 38.4 Å². The summed E-state index contributed by atoms with van der Waals surface area (Å²) in [4.78, 5) is 36.8. The lowest BCUT2D eigenvalue weighted by atomic mass is 10.1. The number of carboxylic acid groups (broad SMARTS) is 1. The molecule has 9 nitrogen and oxygen atoms in total. The van der Waals surface area contributed by atoms with Crippen LogP contribution in [0.1, 0.15) is 12.2 Å². The Morgan fingerprint density at radius 3 is 2.81 bits per heavy atom. The van der Waals surface area contributed by atoms with E-state index in [2.05, 4.69) is 0 Å². The first-order valence-electron chi connectivity index (χ1n) is 9.18. The van der Waals surface area contributed by atoms with E-state index in [0.29, 0.717) is 11.5 Å². The van der Waals surface area contributed by atoms with Gasteiger partial charge in [-0.2, -0.15) is 11.8 Å². The van der Waals surface area contributed by atoms with Crippen molar-refractivity contribution in [3.8, 4) is 17.1 Å². The quantitative estimate of drug-likeness (QED) is 0.234. The largest absolute Gasteiger partial charge is 0.497 e. The number of furan rings is 1. The zero-order valence-corrected chi connectivity index (χ0v) is 19.4. The number of carbonyl (C=O) groups excluding carboxylic acids is 1. The van der Waals surface area contributed by atoms with Crippen LogP contribution in [0.15, 0.2) is 39.7 Å². The highest BCUT2D eigenvalue weighted by atomic mass is 32.2. The number of carboxylic acids is 1. The van der Waals surface area contributed by atoms with Gasteiger partial charge in [-0.15, -0.1) is 0 Å². The van der Waals surface area contributed by atoms with Crippen LogP contribution in [0.25, 0.3) is 17.4 Å². The number of aliphatic carboxylic acids is 1. The van der Waals surface area contributed by atoms with Crippen LogP contribution >= 0.6 is 35.7 Å². The third-order valence-electron chi connectivity index (χ3n) is 4.58. The molecule has 1 aliphatic rings. The number of ether oxygens (including phenoxy) is 1. The number of rotatable bonds is 9. The molecule has 0 aliphatic carbocycles. The summed E-state index contributed by atoms with van der Waals surface area (Å²) in [6.07, 6.45) is 3.57. The number of amides is 1. The van der Waals surface area contributed by atoms with E-state index in [9.17, 15) is 24.8 Å². The van der Waals surface area contributed by atoms with Crippen molar-refractivity contribution in [1.82, 2.24) is 4.90 Å². The van der Waals surface area contributed by atoms with Gasteiger partial charge in [0.15, 0.2) is 0 Å². The Kier molecular flexibility index (Phi) is 7.59. The number of nitro benzene ring substituents is 1. The molecule has 12 heteroatoms. The normalized spacial score (nSPS) is 15.9. The summed E-state index contributed by atoms with van der Waals surface area (Å²) in [6.45, 7) is 0. The summed E-state index contributed by atoms with van der Waals surface area (Å²) in [5.41, 5.74) is 0.0701. The fraction of sp³-hybridized carbons (Fsp3) is 0.250. The Morgan fingerprint density at radius 1 is 1.44 bits per heavy atom. The summed E-state index contributed by atoms with van der Waals surface area (Å²) in [5, 5.41) is 21.0. The van der Waals surface area contributed by atoms with Gasteiger partial charge in [0.25, 0.3) is 11.6 Å². The van der Waals surface area contributed by atoms with Crippen molar-refractivity contribution >= 4 is 63.7 Å². The van der Waals surface area contributed by atoms with Gasteiger partial charge in [-0.25, -0.2) is 4.79 Å². The topological polar surface area (TPSA) is 123 Å². The average molecular weight is 495 g/mol. The zero-order chi connectivity index (χ0) is 23.4. The molecule has 0 saturated carbocycles. The summed E-state index contributed by atoms with van der Waals surface area (Å²) < 4.78 is 10.9. The number of methoxy groups -OCH3 is 1. The lowest BCUT2D eigenvalue weighted by Crippen LogP contribution is -2.44. The predicted octanol–water partition coefficient (Wildman–Crippen LogP) is 4.27. The van der Waals surface area contributed by atoms with E-state index in [1.54, 1.807) is 18.2 Å². The fourth-order valence-corrected chi connectivity index (χ4v) is 4.84. The Hall–Kier alpha value is -2.83. The van der Waals surface area contributed by atoms with Crippen LogP contribution < -0.4 is 4.74 Å². The molecule has 32 heavy (non-hydrogen) atoms. The molecule has 1 saturated heterocycles. The lowest BCUT2D eigenvalue weighted by Gasteiger charge is -2.22. The Bertz CT molecular complexity index is 1110. The second-order valence-corrected chi connectivity index (χ2v) is 9.19. The molecule has 1 N–H and O–H groups in total. The molecule has 168 valence electrons. The number of thioether (sulfide) groups is 2. The van der Waals surface area contributed by atoms with E-state index in [4.69, 9.17) is 21.4 Å². The smallest absolute Gasteiger partial charge is 0.326 e. The van der Waals surface area contributed by atoms with Crippen molar-refractivity contribution < 1.29 is 28.8 Å². The molecule has 3 rings (SSSR count). The third-order valence-corrected chi connectivity index (χ3v) is 6.56. The lowest BCUT2D eigenvalue weighted by molar-refractivity contribution is -0.384. The highest BCUT2D eigenvalue weighted by molar-refractivity contribution is 8.26. The standard InChI is InChI=1S/C20H18N2O7S3/c1-28-11-3-5-13(15(9-11)22(26)27)16-6-4-12(29-16)10-17-18(23)21(20(30)32-17)14(19(24)25)7-8-31-2/h3-6,9-10,14H,7-8H2,1-2H3,(H,24,25)/b17-10-/t14-/m1/s1. The van der Waals surface area contributed by atoms with Crippen LogP contribution in [0.5, 0.6) is 5.75 Å². The van der Waals surface area contributed by atoms with E-state index in [1.807, 2.05) is 6.26 Å². The Labute approximate surface area is 196 Å². The molecule has 1 fully saturated rings. The molecule has 0 bridgehead atoms. The third kappa shape index (κ3) is 4.97. The number of thiocarbonyl (C=S) groups is 1. The van der Waals surface area contributed by atoms with Crippen LogP contribution in [0.4, 0.5) is 5.69 Å². The second kappa shape index (κ2) is 10.2. The highest BCUT2D eigenvalue weighted by Crippen LogP contribution is 2.37. The van der Waals surface area contributed by atoms with Gasteiger partial charge in [0.05, 0.1) is 28.6 Å². The molecule has 0 unspecified atom stereocenters. The van der Waals surface area contributed by atoms with Gasteiger partial charge in [0, 0.05) is 6.08 Å². The highest BCUT2D eigenvalue weighted by Gasteiger charge is 2.40. The van der Waals surface area contributed by atoms with Crippen LogP contribution in [-0.2, 0) is 9.59 Å². The number of nitro groups is 1. The van der Waals surface area contributed by atoms with Crippen LogP contribution in [0.3, 0.4) is 0 Å². The summed E-state index contributed by atoms with van der Waals surface area (Å²) in [7, 11) is 1.41. The maximum Gasteiger partial charge on any atom is 0.326 e. The van der Waals surface area contributed by atoms with Gasteiger partial charge < -0.3 is 14.3 Å². The molecule has 1 aliphatic heterocycles. The van der Waals surface area contributed by atoms with Gasteiger partial charge in [0.2, 0.25) is 0 Å². The molecular formula is C20H18N2O7S3. The molecule has 2 heterocycles. The number of carbonyl (C=O) groups is 2. The zero-order valence-electron chi connectivity index (χ0n) is 17.0. The molecule has 1 aromatic carbocycles. The number of nitrogens with zero attached hydrogens (tertiary/aromatic N) is 2. The Balaban J connectivity index is 1.89. The minimum absolute atomic E-state index is 0.160. The monoisotopic (exact) mass is 494 g/mol. The molecule has 0 spiro atoms. The van der Waals surface area contributed by atoms with E-state index >= 15 is 0 Å². The molecule has 1 amide bonds. The summed E-state index contributed by atoms with van der Waals surface area (Å²) >= 11 is 7.72. The van der Waals surface area contributed by atoms with E-state index in [1.165, 1.54) is 37.1 Å². The maximum atomic E-state index is 12.9. The van der Waals surface area contributed by atoms with Crippen molar-refractivity contribution in [2.75, 3.05) is 19.1 Å². The summed E-state index contributed by atoms with van der Waals surface area (Å²) in [6, 6.07) is 6.47. The number of benzene rings is 1. The first-order valence-corrected chi connectivity index (χ1v) is 11.8. The second-order valence-electron chi connectivity index (χ2n) is 6.53. The minimum Gasteiger partial charge on any atom is -0.497 e. The van der Waals surface area contributed by atoms with Gasteiger partial charge in [-0.05, 0) is 42.7 Å². The van der Waals surface area contributed by atoms with Crippen molar-refractivity contribution in [3.63, 3.8) is 0 Å². The first kappa shape index (κ1) is 23.8. The molecular weight excluding hydrogens is 476 g/mol. The van der Waals surface area contributed by atoms with Crippen molar-refractivity contribution in [2.45, 2.75) is 12.5 Å². The van der Waals surface area contributed by atoms with Crippen LogP contribution in [-0.4, -0.2) is 56.3 Å². The van der Waals surface area contributed by atoms with Crippen molar-refractivity contribution in [1.29, 1.82) is 0 Å². The van der Waals surface area contributed by atoms with Crippen molar-refractivity contribution in [2.24, 2.45) is 0 Å². The fourth-order valence-electron chi connectivity index (χ4n) is 3.04. The first-order chi connectivity index (χ1) is 15.3. The molecule has 0 radical (unpaired) electrons. The SMILES string of the molecule is COc1ccc(-c2ccc(/C=C3\SC(=S)N([C@H](CCSC)C(=O)O)C3=O)o2)c([N+](=O)[O-])c1. The van der Waals surface area contributed by atoms with Crippen LogP contribution in [0, 0.1) is 10.1 Å². The summed E-state index contributed by atoms with van der Waals surface area (Å²) in [5.74, 6) is -0.211. The number of hydrogen-bond donors (Lipinski definition) is 1. The van der Waals surface area contributed by atoms with Gasteiger partial charge in [0.1, 0.15) is 27.6 Å². The van der Waals surface area contributed by atoms with Gasteiger partial charge in [-0.1, -0.05) is 24.0 Å².